The average Bonchev–Trinajstić information content (AvgIpc) is 2.53. The lowest BCUT2D eigenvalue weighted by molar-refractivity contribution is 0.0695. The molecular weight excluding hydrogens is 322 g/mol. The highest BCUT2D eigenvalue weighted by atomic mass is 32.2. The highest BCUT2D eigenvalue weighted by Gasteiger charge is 2.17. The first kappa shape index (κ1) is 16.7. The molecule has 2 aromatic rings. The van der Waals surface area contributed by atoms with Crippen LogP contribution >= 0.6 is 11.8 Å². The van der Waals surface area contributed by atoms with Crippen LogP contribution in [0.5, 0.6) is 5.75 Å². The van der Waals surface area contributed by atoms with Gasteiger partial charge in [-0.3, -0.25) is 0 Å². The first-order valence-electron chi connectivity index (χ1n) is 8.11. The standard InChI is InChI=1S/C19H21NO3S/c1-13-5-8-16(11-18(13)19(21)22)23-20-15-6-9-17(10-7-15)24-12-14-3-2-4-14/h5-11,14,20H,2-4,12H2,1H3,(H,21,22). The number of carboxylic acids is 1. The Morgan fingerprint density at radius 3 is 2.62 bits per heavy atom. The van der Waals surface area contributed by atoms with Crippen LogP contribution in [0.1, 0.15) is 35.2 Å². The molecule has 1 saturated carbocycles. The van der Waals surface area contributed by atoms with Crippen molar-refractivity contribution in [3.63, 3.8) is 0 Å². The van der Waals surface area contributed by atoms with Gasteiger partial charge < -0.3 is 9.94 Å². The van der Waals surface area contributed by atoms with E-state index < -0.39 is 5.97 Å². The molecule has 1 aliphatic rings. The lowest BCUT2D eigenvalue weighted by Crippen LogP contribution is -2.13. The summed E-state index contributed by atoms with van der Waals surface area (Å²) in [4.78, 5) is 17.9. The fourth-order valence-corrected chi connectivity index (χ4v) is 3.60. The number of anilines is 1. The zero-order valence-electron chi connectivity index (χ0n) is 13.6. The molecule has 24 heavy (non-hydrogen) atoms. The molecule has 5 heteroatoms. The molecule has 0 aliphatic heterocycles. The Morgan fingerprint density at radius 1 is 1.25 bits per heavy atom. The van der Waals surface area contributed by atoms with Crippen LogP contribution in [0.4, 0.5) is 5.69 Å². The van der Waals surface area contributed by atoms with Crippen molar-refractivity contribution in [2.75, 3.05) is 11.2 Å². The molecule has 1 fully saturated rings. The van der Waals surface area contributed by atoms with E-state index in [2.05, 4.69) is 17.6 Å². The maximum atomic E-state index is 11.1. The van der Waals surface area contributed by atoms with Gasteiger partial charge in [0.2, 0.25) is 0 Å². The van der Waals surface area contributed by atoms with Crippen molar-refractivity contribution in [2.24, 2.45) is 5.92 Å². The lowest BCUT2D eigenvalue weighted by Gasteiger charge is -2.24. The maximum Gasteiger partial charge on any atom is 0.336 e. The van der Waals surface area contributed by atoms with Crippen molar-refractivity contribution in [2.45, 2.75) is 31.1 Å². The first-order chi connectivity index (χ1) is 11.6. The molecule has 0 bridgehead atoms. The van der Waals surface area contributed by atoms with Gasteiger partial charge >= 0.3 is 5.97 Å². The predicted molar refractivity (Wildman–Crippen MR) is 96.9 cm³/mol. The van der Waals surface area contributed by atoms with Gasteiger partial charge in [-0.05, 0) is 67.6 Å². The number of hydrogen-bond donors (Lipinski definition) is 2. The van der Waals surface area contributed by atoms with Crippen LogP contribution < -0.4 is 10.3 Å². The molecule has 0 unspecified atom stereocenters. The summed E-state index contributed by atoms with van der Waals surface area (Å²) in [5.74, 6) is 1.61. The highest BCUT2D eigenvalue weighted by Crippen LogP contribution is 2.32. The molecule has 2 aromatic carbocycles. The van der Waals surface area contributed by atoms with Crippen LogP contribution in [0.2, 0.25) is 0 Å². The second-order valence-corrected chi connectivity index (χ2v) is 7.21. The lowest BCUT2D eigenvalue weighted by atomic mass is 9.87. The van der Waals surface area contributed by atoms with Crippen molar-refractivity contribution in [3.8, 4) is 5.75 Å². The number of rotatable bonds is 7. The highest BCUT2D eigenvalue weighted by molar-refractivity contribution is 7.99. The summed E-state index contributed by atoms with van der Waals surface area (Å²) >= 11 is 1.90. The first-order valence-corrected chi connectivity index (χ1v) is 9.10. The van der Waals surface area contributed by atoms with E-state index >= 15 is 0 Å². The van der Waals surface area contributed by atoms with Crippen molar-refractivity contribution >= 4 is 23.4 Å². The van der Waals surface area contributed by atoms with E-state index in [9.17, 15) is 4.79 Å². The van der Waals surface area contributed by atoms with Crippen LogP contribution in [-0.4, -0.2) is 16.8 Å². The van der Waals surface area contributed by atoms with Crippen molar-refractivity contribution in [3.05, 3.63) is 53.6 Å². The van der Waals surface area contributed by atoms with Crippen LogP contribution in [0, 0.1) is 12.8 Å². The minimum atomic E-state index is -0.953. The number of benzene rings is 2. The monoisotopic (exact) mass is 343 g/mol. The third-order valence-corrected chi connectivity index (χ3v) is 5.53. The van der Waals surface area contributed by atoms with Crippen molar-refractivity contribution < 1.29 is 14.7 Å². The third-order valence-electron chi connectivity index (χ3n) is 4.29. The van der Waals surface area contributed by atoms with Crippen LogP contribution in [-0.2, 0) is 0 Å². The van der Waals surface area contributed by atoms with E-state index in [1.54, 1.807) is 19.1 Å². The van der Waals surface area contributed by atoms with Gasteiger partial charge in [-0.1, -0.05) is 12.5 Å². The minimum absolute atomic E-state index is 0.247. The smallest absolute Gasteiger partial charge is 0.336 e. The number of hydrogen-bond acceptors (Lipinski definition) is 4. The Hall–Kier alpha value is -2.14. The fraction of sp³-hybridized carbons (Fsp3) is 0.316. The molecule has 126 valence electrons. The molecule has 0 radical (unpaired) electrons. The summed E-state index contributed by atoms with van der Waals surface area (Å²) in [5, 5.41) is 9.14. The number of carbonyl (C=O) groups is 1. The average molecular weight is 343 g/mol. The quantitative estimate of drug-likeness (QED) is 0.548. The van der Waals surface area contributed by atoms with E-state index in [0.717, 1.165) is 11.6 Å². The second kappa shape index (κ2) is 7.62. The topological polar surface area (TPSA) is 58.6 Å². The molecule has 1 aliphatic carbocycles. The summed E-state index contributed by atoms with van der Waals surface area (Å²) in [6.07, 6.45) is 4.12. The molecule has 0 amide bonds. The number of aryl methyl sites for hydroxylation is 1. The number of thioether (sulfide) groups is 1. The molecule has 0 aromatic heterocycles. The Labute approximate surface area is 146 Å². The molecule has 3 rings (SSSR count). The van der Waals surface area contributed by atoms with Gasteiger partial charge in [0.1, 0.15) is 0 Å². The Bertz CT molecular complexity index is 711. The SMILES string of the molecule is Cc1ccc(ONc2ccc(SCC3CCC3)cc2)cc1C(=O)O. The number of carboxylic acid groups (broad SMARTS) is 1. The molecule has 0 saturated heterocycles. The van der Waals surface area contributed by atoms with Gasteiger partial charge in [-0.2, -0.15) is 0 Å². The Balaban J connectivity index is 1.54. The molecule has 0 atom stereocenters. The second-order valence-electron chi connectivity index (χ2n) is 6.12. The van der Waals surface area contributed by atoms with Crippen LogP contribution in [0.15, 0.2) is 47.4 Å². The summed E-state index contributed by atoms with van der Waals surface area (Å²) < 4.78 is 0. The normalized spacial score (nSPS) is 14.0. The molecule has 0 heterocycles. The van der Waals surface area contributed by atoms with Crippen LogP contribution in [0.3, 0.4) is 0 Å². The van der Waals surface area contributed by atoms with E-state index in [1.165, 1.54) is 36.0 Å². The van der Waals surface area contributed by atoms with Gasteiger partial charge in [0.25, 0.3) is 0 Å². The Morgan fingerprint density at radius 2 is 2.00 bits per heavy atom. The third kappa shape index (κ3) is 4.23. The maximum absolute atomic E-state index is 11.1. The Kier molecular flexibility index (Phi) is 5.30. The van der Waals surface area contributed by atoms with Crippen molar-refractivity contribution in [1.29, 1.82) is 0 Å². The molecule has 2 N–H and O–H groups in total. The van der Waals surface area contributed by atoms with Gasteiger partial charge in [-0.15, -0.1) is 11.8 Å². The van der Waals surface area contributed by atoms with Crippen molar-refractivity contribution in [1.82, 2.24) is 0 Å². The zero-order valence-corrected chi connectivity index (χ0v) is 14.4. The summed E-state index contributed by atoms with van der Waals surface area (Å²) in [7, 11) is 0. The summed E-state index contributed by atoms with van der Waals surface area (Å²) in [5.41, 5.74) is 4.65. The molecule has 4 nitrogen and oxygen atoms in total. The van der Waals surface area contributed by atoms with E-state index in [0.29, 0.717) is 11.3 Å². The van der Waals surface area contributed by atoms with Gasteiger partial charge in [0.15, 0.2) is 5.75 Å². The predicted octanol–water partition coefficient (Wildman–Crippen LogP) is 4.99. The van der Waals surface area contributed by atoms with Gasteiger partial charge in [-0.25, -0.2) is 10.3 Å². The van der Waals surface area contributed by atoms with Crippen LogP contribution in [0.25, 0.3) is 0 Å². The number of aromatic carboxylic acids is 1. The van der Waals surface area contributed by atoms with Gasteiger partial charge in [0, 0.05) is 10.6 Å². The summed E-state index contributed by atoms with van der Waals surface area (Å²) in [6.45, 7) is 1.76. The minimum Gasteiger partial charge on any atom is -0.478 e. The largest absolute Gasteiger partial charge is 0.478 e. The van der Waals surface area contributed by atoms with E-state index in [4.69, 9.17) is 9.94 Å². The molecular formula is C19H21NO3S. The molecule has 0 spiro atoms. The van der Waals surface area contributed by atoms with Gasteiger partial charge in [0.05, 0.1) is 11.3 Å². The van der Waals surface area contributed by atoms with E-state index in [-0.39, 0.29) is 5.56 Å². The fourth-order valence-electron chi connectivity index (χ4n) is 2.51. The summed E-state index contributed by atoms with van der Waals surface area (Å²) in [6, 6.07) is 13.1. The number of nitrogens with one attached hydrogen (secondary N) is 1. The zero-order chi connectivity index (χ0) is 16.9. The van der Waals surface area contributed by atoms with E-state index in [1.807, 2.05) is 23.9 Å².